The third-order valence-corrected chi connectivity index (χ3v) is 3.87. The summed E-state index contributed by atoms with van der Waals surface area (Å²) in [5.74, 6) is -0.0373. The number of carbonyl (C=O) groups excluding carboxylic acids is 2. The van der Waals surface area contributed by atoms with Gasteiger partial charge in [-0.15, -0.1) is 0 Å². The summed E-state index contributed by atoms with van der Waals surface area (Å²) in [4.78, 5) is 31.3. The van der Waals surface area contributed by atoms with Crippen LogP contribution in [0.3, 0.4) is 0 Å². The van der Waals surface area contributed by atoms with Crippen molar-refractivity contribution in [3.63, 3.8) is 0 Å². The van der Waals surface area contributed by atoms with Gasteiger partial charge in [-0.25, -0.2) is 0 Å². The molecule has 0 fully saturated rings. The third-order valence-electron chi connectivity index (χ3n) is 3.87. The smallest absolute Gasteiger partial charge is 0.268 e. The van der Waals surface area contributed by atoms with E-state index in [9.17, 15) is 9.59 Å². The normalized spacial score (nSPS) is 13.9. The fraction of sp³-hybridized carbons (Fsp3) is 0.312. The van der Waals surface area contributed by atoms with Crippen LogP contribution in [0.25, 0.3) is 0 Å². The summed E-state index contributed by atoms with van der Waals surface area (Å²) in [6.07, 6.45) is 5.64. The SMILES string of the molecule is Cc1c(C(=O)NCc2ccncc2)[nH]c2c1C(=O)CCC2. The lowest BCUT2D eigenvalue weighted by Crippen LogP contribution is -2.24. The molecule has 0 saturated carbocycles. The van der Waals surface area contributed by atoms with Crippen LogP contribution in [0.4, 0.5) is 0 Å². The Morgan fingerprint density at radius 3 is 2.81 bits per heavy atom. The van der Waals surface area contributed by atoms with Gasteiger partial charge < -0.3 is 10.3 Å². The lowest BCUT2D eigenvalue weighted by atomic mass is 9.94. The number of ketones is 1. The molecule has 5 heteroatoms. The van der Waals surface area contributed by atoms with E-state index in [1.54, 1.807) is 12.4 Å². The van der Waals surface area contributed by atoms with Crippen LogP contribution >= 0.6 is 0 Å². The van der Waals surface area contributed by atoms with Crippen LogP contribution in [0.15, 0.2) is 24.5 Å². The van der Waals surface area contributed by atoms with Gasteiger partial charge >= 0.3 is 0 Å². The zero-order chi connectivity index (χ0) is 14.8. The van der Waals surface area contributed by atoms with E-state index in [1.807, 2.05) is 19.1 Å². The number of pyridine rings is 1. The van der Waals surface area contributed by atoms with Crippen LogP contribution < -0.4 is 5.32 Å². The first-order valence-electron chi connectivity index (χ1n) is 7.08. The molecule has 0 aliphatic heterocycles. The molecule has 2 aromatic rings. The molecule has 2 aromatic heterocycles. The van der Waals surface area contributed by atoms with Crippen molar-refractivity contribution >= 4 is 11.7 Å². The van der Waals surface area contributed by atoms with Crippen LogP contribution in [-0.2, 0) is 13.0 Å². The topological polar surface area (TPSA) is 74.8 Å². The molecule has 0 radical (unpaired) electrons. The first-order chi connectivity index (χ1) is 10.2. The van der Waals surface area contributed by atoms with Gasteiger partial charge in [-0.3, -0.25) is 14.6 Å². The first-order valence-corrected chi connectivity index (χ1v) is 7.08. The van der Waals surface area contributed by atoms with Crippen LogP contribution in [0.2, 0.25) is 0 Å². The van der Waals surface area contributed by atoms with E-state index < -0.39 is 0 Å². The van der Waals surface area contributed by atoms with Crippen LogP contribution in [0.5, 0.6) is 0 Å². The minimum atomic E-state index is -0.175. The van der Waals surface area contributed by atoms with Crippen molar-refractivity contribution in [2.24, 2.45) is 0 Å². The van der Waals surface area contributed by atoms with Gasteiger partial charge in [0.1, 0.15) is 5.69 Å². The molecule has 108 valence electrons. The van der Waals surface area contributed by atoms with Crippen molar-refractivity contribution in [1.29, 1.82) is 0 Å². The van der Waals surface area contributed by atoms with Gasteiger partial charge in [0.25, 0.3) is 5.91 Å². The molecule has 0 saturated heterocycles. The molecule has 2 N–H and O–H groups in total. The Morgan fingerprint density at radius 1 is 1.33 bits per heavy atom. The highest BCUT2D eigenvalue weighted by Gasteiger charge is 2.26. The fourth-order valence-electron chi connectivity index (χ4n) is 2.77. The Morgan fingerprint density at radius 2 is 2.10 bits per heavy atom. The van der Waals surface area contributed by atoms with Gasteiger partial charge in [-0.05, 0) is 43.0 Å². The highest BCUT2D eigenvalue weighted by molar-refractivity contribution is 6.04. The van der Waals surface area contributed by atoms with Gasteiger partial charge in [0.15, 0.2) is 5.78 Å². The fourth-order valence-corrected chi connectivity index (χ4v) is 2.77. The van der Waals surface area contributed by atoms with Gasteiger partial charge in [-0.1, -0.05) is 0 Å². The van der Waals surface area contributed by atoms with Gasteiger partial charge in [0, 0.05) is 36.6 Å². The molecular weight excluding hydrogens is 266 g/mol. The van der Waals surface area contributed by atoms with Crippen molar-refractivity contribution in [1.82, 2.24) is 15.3 Å². The third kappa shape index (κ3) is 2.59. The molecule has 1 aliphatic rings. The Hall–Kier alpha value is -2.43. The molecule has 0 bridgehead atoms. The number of carbonyl (C=O) groups is 2. The number of rotatable bonds is 3. The molecule has 1 amide bonds. The quantitative estimate of drug-likeness (QED) is 0.906. The number of hydrogen-bond acceptors (Lipinski definition) is 3. The summed E-state index contributed by atoms with van der Waals surface area (Å²) in [6.45, 7) is 2.28. The molecule has 2 heterocycles. The number of aromatic amines is 1. The second-order valence-electron chi connectivity index (χ2n) is 5.29. The average molecular weight is 283 g/mol. The number of H-pyrrole nitrogens is 1. The van der Waals surface area contributed by atoms with Crippen molar-refractivity contribution in [2.75, 3.05) is 0 Å². The summed E-state index contributed by atoms with van der Waals surface area (Å²) in [5, 5.41) is 2.87. The molecule has 0 aromatic carbocycles. The van der Waals surface area contributed by atoms with E-state index in [1.165, 1.54) is 0 Å². The Bertz CT molecular complexity index is 689. The molecule has 0 unspecified atom stereocenters. The molecule has 5 nitrogen and oxygen atoms in total. The summed E-state index contributed by atoms with van der Waals surface area (Å²) in [5.41, 5.74) is 3.88. The van der Waals surface area contributed by atoms with E-state index in [0.717, 1.165) is 35.2 Å². The van der Waals surface area contributed by atoms with Crippen molar-refractivity contribution in [3.8, 4) is 0 Å². The van der Waals surface area contributed by atoms with E-state index in [4.69, 9.17) is 0 Å². The van der Waals surface area contributed by atoms with Crippen LogP contribution in [0.1, 0.15) is 50.5 Å². The van der Waals surface area contributed by atoms with Gasteiger partial charge in [0.2, 0.25) is 0 Å². The maximum Gasteiger partial charge on any atom is 0.268 e. The number of nitrogens with one attached hydrogen (secondary N) is 2. The lowest BCUT2D eigenvalue weighted by Gasteiger charge is -2.09. The number of Topliss-reactive ketones (excluding diaryl/α,β-unsaturated/α-hetero) is 1. The van der Waals surface area contributed by atoms with Crippen molar-refractivity contribution in [2.45, 2.75) is 32.7 Å². The number of nitrogens with zero attached hydrogens (tertiary/aromatic N) is 1. The van der Waals surface area contributed by atoms with Crippen LogP contribution in [0, 0.1) is 6.92 Å². The molecule has 1 aliphatic carbocycles. The largest absolute Gasteiger partial charge is 0.354 e. The summed E-state index contributed by atoms with van der Waals surface area (Å²) >= 11 is 0. The number of aryl methyl sites for hydroxylation is 1. The summed E-state index contributed by atoms with van der Waals surface area (Å²) in [6, 6.07) is 3.72. The zero-order valence-corrected chi connectivity index (χ0v) is 11.9. The Balaban J connectivity index is 1.78. The minimum absolute atomic E-state index is 0.137. The standard InChI is InChI=1S/C16H17N3O2/c1-10-14-12(3-2-4-13(14)20)19-15(10)16(21)18-9-11-5-7-17-8-6-11/h5-8,19H,2-4,9H2,1H3,(H,18,21). The highest BCUT2D eigenvalue weighted by atomic mass is 16.2. The number of hydrogen-bond donors (Lipinski definition) is 2. The van der Waals surface area contributed by atoms with E-state index in [2.05, 4.69) is 15.3 Å². The van der Waals surface area contributed by atoms with E-state index in [-0.39, 0.29) is 11.7 Å². The monoisotopic (exact) mass is 283 g/mol. The molecule has 3 rings (SSSR count). The summed E-state index contributed by atoms with van der Waals surface area (Å²) in [7, 11) is 0. The maximum atomic E-state index is 12.3. The second-order valence-corrected chi connectivity index (χ2v) is 5.29. The van der Waals surface area contributed by atoms with Crippen LogP contribution in [-0.4, -0.2) is 21.7 Å². The molecule has 0 spiro atoms. The number of aromatic nitrogens is 2. The molecule has 21 heavy (non-hydrogen) atoms. The van der Waals surface area contributed by atoms with Gasteiger partial charge in [0.05, 0.1) is 0 Å². The second kappa shape index (κ2) is 5.52. The van der Waals surface area contributed by atoms with Crippen molar-refractivity contribution in [3.05, 3.63) is 52.6 Å². The predicted molar refractivity (Wildman–Crippen MR) is 78.2 cm³/mol. The number of fused-ring (bicyclic) bond motifs is 1. The maximum absolute atomic E-state index is 12.3. The summed E-state index contributed by atoms with van der Waals surface area (Å²) < 4.78 is 0. The number of amides is 1. The minimum Gasteiger partial charge on any atom is -0.354 e. The Labute approximate surface area is 122 Å². The Kier molecular flexibility index (Phi) is 3.56. The highest BCUT2D eigenvalue weighted by Crippen LogP contribution is 2.26. The zero-order valence-electron chi connectivity index (χ0n) is 11.9. The molecule has 0 atom stereocenters. The first kappa shape index (κ1) is 13.5. The van der Waals surface area contributed by atoms with Gasteiger partial charge in [-0.2, -0.15) is 0 Å². The lowest BCUT2D eigenvalue weighted by molar-refractivity contribution is 0.0945. The van der Waals surface area contributed by atoms with Crippen molar-refractivity contribution < 1.29 is 9.59 Å². The van der Waals surface area contributed by atoms with E-state index in [0.29, 0.717) is 18.7 Å². The average Bonchev–Trinajstić information content (AvgIpc) is 2.84. The predicted octanol–water partition coefficient (Wildman–Crippen LogP) is 2.17. The van der Waals surface area contributed by atoms with E-state index >= 15 is 0 Å². The molecular formula is C16H17N3O2.